The van der Waals surface area contributed by atoms with E-state index in [9.17, 15) is 24.2 Å². The molecule has 0 aliphatic heterocycles. The topological polar surface area (TPSA) is 95.3 Å². The average molecular weight is 471 g/mol. The summed E-state index contributed by atoms with van der Waals surface area (Å²) in [5.41, 5.74) is -3.70. The molecular weight excluding hydrogens is 439 g/mol. The van der Waals surface area contributed by atoms with Gasteiger partial charge in [0.15, 0.2) is 0 Å². The quantitative estimate of drug-likeness (QED) is 0.430. The third kappa shape index (κ3) is 5.24. The lowest BCUT2D eigenvalue weighted by molar-refractivity contribution is -0.0930. The maximum absolute atomic E-state index is 14.0. The molecule has 2 unspecified atom stereocenters. The Kier molecular flexibility index (Phi) is 7.51. The molecule has 0 saturated heterocycles. The second kappa shape index (κ2) is 9.99. The van der Waals surface area contributed by atoms with Crippen molar-refractivity contribution in [3.8, 4) is 0 Å². The summed E-state index contributed by atoms with van der Waals surface area (Å²) in [6.07, 6.45) is -0.158. The van der Waals surface area contributed by atoms with E-state index in [4.69, 9.17) is 0 Å². The first-order valence-electron chi connectivity index (χ1n) is 11.0. The van der Waals surface area contributed by atoms with Gasteiger partial charge in [0.1, 0.15) is 8.80 Å². The Hall–Kier alpha value is -2.81. The molecule has 8 heteroatoms. The average Bonchev–Trinajstić information content (AvgIpc) is 2.79. The van der Waals surface area contributed by atoms with Crippen molar-refractivity contribution in [3.05, 3.63) is 93.5 Å². The number of hydrogen-bond acceptors (Lipinski definition) is 4. The van der Waals surface area contributed by atoms with Gasteiger partial charge in [0, 0.05) is 12.0 Å². The van der Waals surface area contributed by atoms with Crippen molar-refractivity contribution in [2.75, 3.05) is 6.61 Å². The zero-order chi connectivity index (χ0) is 24.2. The lowest BCUT2D eigenvalue weighted by atomic mass is 9.63. The number of aliphatic hydroxyl groups excluding tert-OH is 2. The number of benzene rings is 2. The third-order valence-electron chi connectivity index (χ3n) is 6.70. The van der Waals surface area contributed by atoms with E-state index in [-0.39, 0.29) is 6.54 Å². The van der Waals surface area contributed by atoms with Crippen molar-refractivity contribution in [1.82, 2.24) is 9.55 Å². The van der Waals surface area contributed by atoms with Crippen LogP contribution in [0.15, 0.2) is 76.4 Å². The third-order valence-corrected chi connectivity index (χ3v) is 9.99. The van der Waals surface area contributed by atoms with E-state index >= 15 is 0 Å². The maximum Gasteiger partial charge on any atom is 0.328 e. The van der Waals surface area contributed by atoms with E-state index in [2.05, 4.69) is 24.3 Å². The number of nitrogens with zero attached hydrogens (tertiary/aromatic N) is 1. The van der Waals surface area contributed by atoms with Crippen LogP contribution < -0.4 is 21.6 Å². The molecule has 3 N–H and O–H groups in total. The summed E-state index contributed by atoms with van der Waals surface area (Å²) in [7, 11) is -1.91. The van der Waals surface area contributed by atoms with Gasteiger partial charge in [-0.2, -0.15) is 4.39 Å². The van der Waals surface area contributed by atoms with Crippen molar-refractivity contribution < 1.29 is 14.6 Å². The molecule has 3 rings (SSSR count). The fourth-order valence-electron chi connectivity index (χ4n) is 4.42. The maximum atomic E-state index is 14.0. The smallest absolute Gasteiger partial charge is 0.328 e. The molecule has 0 aliphatic carbocycles. The second-order valence-electron chi connectivity index (χ2n) is 9.55. The molecule has 2 aromatic carbocycles. The summed E-state index contributed by atoms with van der Waals surface area (Å²) < 4.78 is 15.0. The Labute approximate surface area is 194 Å². The molecule has 2 atom stereocenters. The fraction of sp³-hybridized carbons (Fsp3) is 0.360. The zero-order valence-corrected chi connectivity index (χ0v) is 20.3. The van der Waals surface area contributed by atoms with Crippen LogP contribution in [0.1, 0.15) is 20.8 Å². The summed E-state index contributed by atoms with van der Waals surface area (Å²) in [5.74, 6) is -1.09. The van der Waals surface area contributed by atoms with E-state index in [1.165, 1.54) is 0 Å². The predicted molar refractivity (Wildman–Crippen MR) is 130 cm³/mol. The van der Waals surface area contributed by atoms with Crippen LogP contribution in [0.5, 0.6) is 0 Å². The summed E-state index contributed by atoms with van der Waals surface area (Å²) in [5, 5.41) is 24.5. The van der Waals surface area contributed by atoms with E-state index in [1.54, 1.807) is 0 Å². The predicted octanol–water partition coefficient (Wildman–Crippen LogP) is 1.10. The molecule has 0 fully saturated rings. The minimum Gasteiger partial charge on any atom is -0.396 e. The largest absolute Gasteiger partial charge is 0.396 e. The van der Waals surface area contributed by atoms with Crippen LogP contribution in [0.25, 0.3) is 0 Å². The number of rotatable bonds is 8. The number of aromatic nitrogens is 2. The highest BCUT2D eigenvalue weighted by atomic mass is 28.3. The molecule has 176 valence electrons. The molecule has 6 nitrogen and oxygen atoms in total. The molecular formula is C25H31FN2O4Si. The first-order valence-corrected chi connectivity index (χ1v) is 12.9. The molecule has 1 heterocycles. The van der Waals surface area contributed by atoms with E-state index in [0.29, 0.717) is 6.04 Å². The van der Waals surface area contributed by atoms with Crippen molar-refractivity contribution in [3.63, 3.8) is 0 Å². The second-order valence-corrected chi connectivity index (χ2v) is 12.5. The van der Waals surface area contributed by atoms with Crippen LogP contribution >= 0.6 is 0 Å². The number of H-pyrrole nitrogens is 1. The minimum absolute atomic E-state index is 0.147. The van der Waals surface area contributed by atoms with Crippen molar-refractivity contribution in [2.45, 2.75) is 39.5 Å². The molecule has 0 amide bonds. The molecule has 0 bridgehead atoms. The standard InChI is InChI=1S/C25H31FN2O4Si/c1-24(2,3)25(17-29,16-28-14-20(26)22(31)27-23(28)32)21(30)15-33(18-10-6-4-7-11-18)19-12-8-5-9-13-19/h4-14,21,29-30,33H,15-17H2,1-3H3,(H,27,31,32). The summed E-state index contributed by atoms with van der Waals surface area (Å²) >= 11 is 0. The van der Waals surface area contributed by atoms with Crippen LogP contribution in [-0.4, -0.2) is 41.3 Å². The van der Waals surface area contributed by atoms with Gasteiger partial charge < -0.3 is 10.2 Å². The van der Waals surface area contributed by atoms with Gasteiger partial charge >= 0.3 is 5.69 Å². The van der Waals surface area contributed by atoms with Gasteiger partial charge in [-0.05, 0) is 11.5 Å². The molecule has 3 aromatic rings. The van der Waals surface area contributed by atoms with Gasteiger partial charge in [-0.25, -0.2) is 4.79 Å². The van der Waals surface area contributed by atoms with E-state index < -0.39 is 49.4 Å². The molecule has 1 aromatic heterocycles. The number of aliphatic hydroxyl groups is 2. The zero-order valence-electron chi connectivity index (χ0n) is 19.2. The summed E-state index contributed by atoms with van der Waals surface area (Å²) in [4.78, 5) is 25.8. The number of nitrogens with one attached hydrogen (secondary N) is 1. The van der Waals surface area contributed by atoms with Crippen molar-refractivity contribution in [1.29, 1.82) is 0 Å². The van der Waals surface area contributed by atoms with E-state index in [0.717, 1.165) is 21.1 Å². The highest BCUT2D eigenvalue weighted by Crippen LogP contribution is 2.44. The van der Waals surface area contributed by atoms with Crippen molar-refractivity contribution >= 4 is 19.2 Å². The highest BCUT2D eigenvalue weighted by Gasteiger charge is 2.48. The SMILES string of the molecule is CC(C)(C)C(CO)(Cn1cc(F)c(=O)[nH]c1=O)C(O)C[SiH](c1ccccc1)c1ccccc1. The van der Waals surface area contributed by atoms with Crippen LogP contribution in [0.3, 0.4) is 0 Å². The van der Waals surface area contributed by atoms with Crippen LogP contribution in [-0.2, 0) is 6.54 Å². The van der Waals surface area contributed by atoms with Gasteiger partial charge in [-0.15, -0.1) is 0 Å². The van der Waals surface area contributed by atoms with Gasteiger partial charge in [-0.1, -0.05) is 91.8 Å². The van der Waals surface area contributed by atoms with Gasteiger partial charge in [0.2, 0.25) is 5.82 Å². The van der Waals surface area contributed by atoms with E-state index in [1.807, 2.05) is 62.2 Å². The molecule has 0 aliphatic rings. The minimum atomic E-state index is -1.91. The Bertz CT molecular complexity index is 1140. The lowest BCUT2D eigenvalue weighted by Gasteiger charge is -2.48. The highest BCUT2D eigenvalue weighted by molar-refractivity contribution is 6.85. The fourth-order valence-corrected chi connectivity index (χ4v) is 7.62. The van der Waals surface area contributed by atoms with Gasteiger partial charge in [-0.3, -0.25) is 14.3 Å². The number of aromatic amines is 1. The van der Waals surface area contributed by atoms with Crippen LogP contribution in [0.2, 0.25) is 6.04 Å². The summed E-state index contributed by atoms with van der Waals surface area (Å²) in [6, 6.07) is 20.4. The van der Waals surface area contributed by atoms with Gasteiger partial charge in [0.25, 0.3) is 5.56 Å². The summed E-state index contributed by atoms with van der Waals surface area (Å²) in [6.45, 7) is 5.06. The molecule has 0 radical (unpaired) electrons. The molecule has 33 heavy (non-hydrogen) atoms. The Morgan fingerprint density at radius 1 is 1.00 bits per heavy atom. The Balaban J connectivity index is 2.06. The lowest BCUT2D eigenvalue weighted by Crippen LogP contribution is -2.56. The Morgan fingerprint density at radius 2 is 1.52 bits per heavy atom. The van der Waals surface area contributed by atoms with Crippen LogP contribution in [0, 0.1) is 16.6 Å². The normalized spacial score (nSPS) is 14.8. The van der Waals surface area contributed by atoms with Crippen molar-refractivity contribution in [2.24, 2.45) is 10.8 Å². The number of hydrogen-bond donors (Lipinski definition) is 3. The molecule has 0 spiro atoms. The van der Waals surface area contributed by atoms with Gasteiger partial charge in [0.05, 0.1) is 18.9 Å². The number of halogens is 1. The Morgan fingerprint density at radius 3 is 1.97 bits per heavy atom. The first-order chi connectivity index (χ1) is 15.6. The monoisotopic (exact) mass is 470 g/mol. The first kappa shape index (κ1) is 24.8. The molecule has 0 saturated carbocycles. The van der Waals surface area contributed by atoms with Crippen LogP contribution in [0.4, 0.5) is 4.39 Å².